The van der Waals surface area contributed by atoms with Gasteiger partial charge in [0.15, 0.2) is 5.82 Å². The Morgan fingerprint density at radius 3 is 2.89 bits per heavy atom. The molecule has 3 rings (SSSR count). The van der Waals surface area contributed by atoms with Crippen LogP contribution in [0.5, 0.6) is 0 Å². The molecule has 2 fully saturated rings. The van der Waals surface area contributed by atoms with E-state index in [2.05, 4.69) is 20.4 Å². The number of hydrogen-bond acceptors (Lipinski definition) is 5. The van der Waals surface area contributed by atoms with Crippen LogP contribution in [0.25, 0.3) is 0 Å². The van der Waals surface area contributed by atoms with Gasteiger partial charge in [0.25, 0.3) is 0 Å². The number of hydrogen-bond donors (Lipinski definition) is 1. The molecular formula is C14H24N4O. The Morgan fingerprint density at radius 1 is 1.32 bits per heavy atom. The molecule has 1 aromatic heterocycles. The SMILES string of the molecule is Cc1noc(C2CCCN(CC3CCNCC3)C2)n1. The standard InChI is InChI=1S/C14H24N4O/c1-11-16-14(19-17-11)13-3-2-8-18(10-13)9-12-4-6-15-7-5-12/h12-13,15H,2-10H2,1H3. The van der Waals surface area contributed by atoms with Crippen molar-refractivity contribution in [3.63, 3.8) is 0 Å². The van der Waals surface area contributed by atoms with E-state index in [1.165, 1.54) is 51.9 Å². The van der Waals surface area contributed by atoms with E-state index in [0.717, 1.165) is 24.2 Å². The maximum Gasteiger partial charge on any atom is 0.231 e. The minimum atomic E-state index is 0.441. The van der Waals surface area contributed by atoms with E-state index in [4.69, 9.17) is 4.52 Å². The second kappa shape index (κ2) is 6.01. The number of nitrogens with one attached hydrogen (secondary N) is 1. The summed E-state index contributed by atoms with van der Waals surface area (Å²) in [5.74, 6) is 2.90. The molecule has 1 unspecified atom stereocenters. The molecule has 2 aliphatic heterocycles. The molecule has 1 atom stereocenters. The first-order valence-corrected chi connectivity index (χ1v) is 7.54. The Balaban J connectivity index is 1.55. The summed E-state index contributed by atoms with van der Waals surface area (Å²) >= 11 is 0. The van der Waals surface area contributed by atoms with E-state index in [0.29, 0.717) is 5.92 Å². The fourth-order valence-electron chi connectivity index (χ4n) is 3.33. The van der Waals surface area contributed by atoms with E-state index < -0.39 is 0 Å². The van der Waals surface area contributed by atoms with Crippen LogP contribution in [0, 0.1) is 12.8 Å². The summed E-state index contributed by atoms with van der Waals surface area (Å²) in [6.45, 7) is 7.82. The lowest BCUT2D eigenvalue weighted by Crippen LogP contribution is -2.40. The number of aryl methyl sites for hydroxylation is 1. The van der Waals surface area contributed by atoms with Crippen molar-refractivity contribution in [1.82, 2.24) is 20.4 Å². The van der Waals surface area contributed by atoms with E-state index in [-0.39, 0.29) is 0 Å². The van der Waals surface area contributed by atoms with Gasteiger partial charge in [-0.25, -0.2) is 0 Å². The summed E-state index contributed by atoms with van der Waals surface area (Å²) in [6, 6.07) is 0. The molecule has 1 N–H and O–H groups in total. The van der Waals surface area contributed by atoms with E-state index >= 15 is 0 Å². The smallest absolute Gasteiger partial charge is 0.231 e. The maximum absolute atomic E-state index is 5.34. The molecule has 0 aliphatic carbocycles. The van der Waals surface area contributed by atoms with Crippen molar-refractivity contribution in [1.29, 1.82) is 0 Å². The summed E-state index contributed by atoms with van der Waals surface area (Å²) in [5.41, 5.74) is 0. The molecule has 0 spiro atoms. The Labute approximate surface area is 114 Å². The highest BCUT2D eigenvalue weighted by Crippen LogP contribution is 2.27. The number of piperidine rings is 2. The third kappa shape index (κ3) is 3.34. The molecule has 106 valence electrons. The lowest BCUT2D eigenvalue weighted by Gasteiger charge is -2.35. The van der Waals surface area contributed by atoms with Crippen molar-refractivity contribution < 1.29 is 4.52 Å². The van der Waals surface area contributed by atoms with Crippen LogP contribution in [0.2, 0.25) is 0 Å². The largest absolute Gasteiger partial charge is 0.339 e. The monoisotopic (exact) mass is 264 g/mol. The van der Waals surface area contributed by atoms with Crippen molar-refractivity contribution in [2.75, 3.05) is 32.7 Å². The van der Waals surface area contributed by atoms with Crippen LogP contribution in [-0.4, -0.2) is 47.8 Å². The maximum atomic E-state index is 5.34. The highest BCUT2D eigenvalue weighted by molar-refractivity contribution is 4.96. The average Bonchev–Trinajstić information content (AvgIpc) is 2.87. The van der Waals surface area contributed by atoms with Crippen molar-refractivity contribution in [2.24, 2.45) is 5.92 Å². The van der Waals surface area contributed by atoms with Gasteiger partial charge in [0, 0.05) is 13.1 Å². The van der Waals surface area contributed by atoms with Crippen LogP contribution < -0.4 is 5.32 Å². The van der Waals surface area contributed by atoms with Gasteiger partial charge in [-0.05, 0) is 58.2 Å². The van der Waals surface area contributed by atoms with Gasteiger partial charge in [-0.15, -0.1) is 0 Å². The summed E-state index contributed by atoms with van der Waals surface area (Å²) < 4.78 is 5.34. The van der Waals surface area contributed by atoms with Gasteiger partial charge in [0.05, 0.1) is 5.92 Å². The van der Waals surface area contributed by atoms with Crippen molar-refractivity contribution in [3.05, 3.63) is 11.7 Å². The zero-order valence-corrected chi connectivity index (χ0v) is 11.8. The first-order valence-electron chi connectivity index (χ1n) is 7.54. The van der Waals surface area contributed by atoms with Gasteiger partial charge < -0.3 is 14.7 Å². The molecule has 0 radical (unpaired) electrons. The predicted molar refractivity (Wildman–Crippen MR) is 73.0 cm³/mol. The van der Waals surface area contributed by atoms with Crippen LogP contribution in [0.4, 0.5) is 0 Å². The van der Waals surface area contributed by atoms with E-state index in [1.807, 2.05) is 6.92 Å². The zero-order valence-electron chi connectivity index (χ0n) is 11.8. The highest BCUT2D eigenvalue weighted by atomic mass is 16.5. The summed E-state index contributed by atoms with van der Waals surface area (Å²) in [7, 11) is 0. The number of aromatic nitrogens is 2. The van der Waals surface area contributed by atoms with Crippen molar-refractivity contribution in [3.8, 4) is 0 Å². The molecule has 0 aromatic carbocycles. The molecule has 2 saturated heterocycles. The fraction of sp³-hybridized carbons (Fsp3) is 0.857. The second-order valence-electron chi connectivity index (χ2n) is 5.97. The van der Waals surface area contributed by atoms with Crippen molar-refractivity contribution in [2.45, 2.75) is 38.5 Å². The van der Waals surface area contributed by atoms with Gasteiger partial charge in [0.1, 0.15) is 0 Å². The van der Waals surface area contributed by atoms with Crippen LogP contribution in [-0.2, 0) is 0 Å². The van der Waals surface area contributed by atoms with Gasteiger partial charge in [0.2, 0.25) is 5.89 Å². The summed E-state index contributed by atoms with van der Waals surface area (Å²) in [6.07, 6.45) is 5.07. The number of rotatable bonds is 3. The average molecular weight is 264 g/mol. The van der Waals surface area contributed by atoms with Crippen LogP contribution in [0.3, 0.4) is 0 Å². The molecule has 2 aliphatic rings. The first kappa shape index (κ1) is 13.1. The minimum Gasteiger partial charge on any atom is -0.339 e. The molecule has 5 heteroatoms. The second-order valence-corrected chi connectivity index (χ2v) is 5.97. The zero-order chi connectivity index (χ0) is 13.1. The fourth-order valence-corrected chi connectivity index (χ4v) is 3.33. The molecule has 0 saturated carbocycles. The van der Waals surface area contributed by atoms with Gasteiger partial charge in [-0.1, -0.05) is 5.16 Å². The molecule has 19 heavy (non-hydrogen) atoms. The molecule has 3 heterocycles. The number of nitrogens with zero attached hydrogens (tertiary/aromatic N) is 3. The minimum absolute atomic E-state index is 0.441. The van der Waals surface area contributed by atoms with Gasteiger partial charge in [-0.3, -0.25) is 0 Å². The summed E-state index contributed by atoms with van der Waals surface area (Å²) in [5, 5.41) is 7.36. The Morgan fingerprint density at radius 2 is 2.16 bits per heavy atom. The topological polar surface area (TPSA) is 54.2 Å². The molecule has 0 bridgehead atoms. The third-order valence-electron chi connectivity index (χ3n) is 4.37. The van der Waals surface area contributed by atoms with Crippen LogP contribution in [0.1, 0.15) is 43.3 Å². The summed E-state index contributed by atoms with van der Waals surface area (Å²) in [4.78, 5) is 7.00. The van der Waals surface area contributed by atoms with Crippen molar-refractivity contribution >= 4 is 0 Å². The first-order chi connectivity index (χ1) is 9.31. The lowest BCUT2D eigenvalue weighted by atomic mass is 9.93. The highest BCUT2D eigenvalue weighted by Gasteiger charge is 2.27. The normalized spacial score (nSPS) is 26.7. The molecule has 1 aromatic rings. The van der Waals surface area contributed by atoms with Crippen LogP contribution in [0.15, 0.2) is 4.52 Å². The number of likely N-dealkylation sites (tertiary alicyclic amines) is 1. The molecule has 5 nitrogen and oxygen atoms in total. The van der Waals surface area contributed by atoms with Gasteiger partial charge >= 0.3 is 0 Å². The Bertz CT molecular complexity index is 400. The Kier molecular flexibility index (Phi) is 4.13. The molecular weight excluding hydrogens is 240 g/mol. The third-order valence-corrected chi connectivity index (χ3v) is 4.37. The van der Waals surface area contributed by atoms with E-state index in [1.54, 1.807) is 0 Å². The quantitative estimate of drug-likeness (QED) is 0.898. The Hall–Kier alpha value is -0.940. The van der Waals surface area contributed by atoms with E-state index in [9.17, 15) is 0 Å². The predicted octanol–water partition coefficient (Wildman–Crippen LogP) is 1.56. The van der Waals surface area contributed by atoms with Crippen LogP contribution >= 0.6 is 0 Å². The molecule has 0 amide bonds. The van der Waals surface area contributed by atoms with Gasteiger partial charge in [-0.2, -0.15) is 4.98 Å². The lowest BCUT2D eigenvalue weighted by molar-refractivity contribution is 0.151.